The first-order chi connectivity index (χ1) is 15.6. The van der Waals surface area contributed by atoms with Crippen molar-refractivity contribution in [2.24, 2.45) is 0 Å². The minimum absolute atomic E-state index is 0.0232. The Morgan fingerprint density at radius 3 is 2.55 bits per heavy atom. The largest absolute Gasteiger partial charge is 0.388 e. The number of carbonyl (C=O) groups is 1. The van der Waals surface area contributed by atoms with Crippen LogP contribution in [0.2, 0.25) is 5.02 Å². The second kappa shape index (κ2) is 8.08. The van der Waals surface area contributed by atoms with Gasteiger partial charge in [-0.2, -0.15) is 5.10 Å². The van der Waals surface area contributed by atoms with Gasteiger partial charge in [0.25, 0.3) is 0 Å². The average Bonchev–Trinajstić information content (AvgIpc) is 3.29. The molecule has 1 aromatic heterocycles. The Kier molecular flexibility index (Phi) is 5.59. The molecule has 0 aliphatic carbocycles. The fraction of sp³-hybridized carbons (Fsp3) is 0.565. The van der Waals surface area contributed by atoms with Crippen molar-refractivity contribution in [3.63, 3.8) is 0 Å². The number of hydrogen-bond acceptors (Lipinski definition) is 6. The Morgan fingerprint density at radius 1 is 1.15 bits per heavy atom. The van der Waals surface area contributed by atoms with Crippen molar-refractivity contribution >= 4 is 33.0 Å². The van der Waals surface area contributed by atoms with E-state index in [1.54, 1.807) is 15.8 Å². The molecule has 33 heavy (non-hydrogen) atoms. The summed E-state index contributed by atoms with van der Waals surface area (Å²) in [4.78, 5) is 17.2. The Labute approximate surface area is 199 Å². The molecule has 0 radical (unpaired) electrons. The van der Waals surface area contributed by atoms with Crippen molar-refractivity contribution in [1.29, 1.82) is 0 Å². The highest BCUT2D eigenvalue weighted by molar-refractivity contribution is 7.91. The molecule has 2 aromatic rings. The zero-order valence-electron chi connectivity index (χ0n) is 18.7. The van der Waals surface area contributed by atoms with Crippen molar-refractivity contribution in [2.45, 2.75) is 49.8 Å². The lowest BCUT2D eigenvalue weighted by Crippen LogP contribution is -2.47. The van der Waals surface area contributed by atoms with Gasteiger partial charge in [-0.25, -0.2) is 8.42 Å². The normalized spacial score (nSPS) is 23.7. The third-order valence-corrected chi connectivity index (χ3v) is 9.45. The molecule has 0 bridgehead atoms. The number of amides is 1. The molecule has 4 heterocycles. The topological polar surface area (TPSA) is 95.7 Å². The van der Waals surface area contributed by atoms with Crippen LogP contribution in [0.25, 0.3) is 0 Å². The summed E-state index contributed by atoms with van der Waals surface area (Å²) in [5.74, 6) is 0.195. The Bertz CT molecular complexity index is 1170. The summed E-state index contributed by atoms with van der Waals surface area (Å²) in [7, 11) is -1.20. The minimum atomic E-state index is -3.03. The van der Waals surface area contributed by atoms with Crippen LogP contribution in [-0.2, 0) is 33.1 Å². The van der Waals surface area contributed by atoms with Crippen LogP contribution in [0.15, 0.2) is 30.6 Å². The van der Waals surface area contributed by atoms with Gasteiger partial charge < -0.3 is 10.0 Å². The van der Waals surface area contributed by atoms with E-state index >= 15 is 0 Å². The number of rotatable bonds is 4. The summed E-state index contributed by atoms with van der Waals surface area (Å²) in [6.45, 7) is 2.59. The summed E-state index contributed by atoms with van der Waals surface area (Å²) in [5.41, 5.74) is 1.50. The number of hydrogen-bond donors (Lipinski definition) is 1. The van der Waals surface area contributed by atoms with Gasteiger partial charge in [0.1, 0.15) is 0 Å². The quantitative estimate of drug-likeness (QED) is 0.701. The molecule has 2 saturated heterocycles. The zero-order valence-corrected chi connectivity index (χ0v) is 20.3. The summed E-state index contributed by atoms with van der Waals surface area (Å²) in [6, 6.07) is 5.71. The van der Waals surface area contributed by atoms with Gasteiger partial charge in [-0.3, -0.25) is 14.4 Å². The number of aliphatic hydroxyl groups is 1. The standard InChI is InChI=1S/C23H29ClN4O4S/c1-26-20-3-2-18(24)12-19(20)23(21(26)29)4-8-27(9-5-23)14-17-13-25-28(15-17)16-22(30)6-10-33(31,32)11-7-22/h2-3,12-13,15,30H,4-11,14,16H2,1H3. The highest BCUT2D eigenvalue weighted by Crippen LogP contribution is 2.48. The van der Waals surface area contributed by atoms with E-state index in [0.29, 0.717) is 11.6 Å². The lowest BCUT2D eigenvalue weighted by atomic mass is 9.73. The maximum atomic E-state index is 13.2. The van der Waals surface area contributed by atoms with E-state index in [-0.39, 0.29) is 30.3 Å². The SMILES string of the molecule is CN1C(=O)C2(CCN(Cc3cnn(CC4(O)CCS(=O)(=O)CC4)c3)CC2)c2cc(Cl)ccc21. The second-order valence-electron chi connectivity index (χ2n) is 9.81. The van der Waals surface area contributed by atoms with Gasteiger partial charge in [0.15, 0.2) is 9.84 Å². The number of sulfone groups is 1. The molecule has 178 valence electrons. The summed E-state index contributed by atoms with van der Waals surface area (Å²) in [6.07, 6.45) is 5.70. The van der Waals surface area contributed by atoms with E-state index in [4.69, 9.17) is 11.6 Å². The molecule has 0 atom stereocenters. The maximum Gasteiger partial charge on any atom is 0.237 e. The fourth-order valence-electron chi connectivity index (χ4n) is 5.52. The van der Waals surface area contributed by atoms with Crippen LogP contribution in [0.1, 0.15) is 36.8 Å². The summed E-state index contributed by atoms with van der Waals surface area (Å²) >= 11 is 6.26. The molecular formula is C23H29ClN4O4S. The number of likely N-dealkylation sites (tertiary alicyclic amines) is 1. The molecule has 1 amide bonds. The number of piperidine rings is 1. The molecule has 0 saturated carbocycles. The molecule has 2 fully saturated rings. The summed E-state index contributed by atoms with van der Waals surface area (Å²) < 4.78 is 25.0. The summed E-state index contributed by atoms with van der Waals surface area (Å²) in [5, 5.41) is 15.8. The van der Waals surface area contributed by atoms with Gasteiger partial charge in [0, 0.05) is 36.1 Å². The molecule has 5 rings (SSSR count). The highest BCUT2D eigenvalue weighted by Gasteiger charge is 2.51. The van der Waals surface area contributed by atoms with E-state index in [1.807, 2.05) is 31.4 Å². The van der Waals surface area contributed by atoms with E-state index in [2.05, 4.69) is 10.00 Å². The highest BCUT2D eigenvalue weighted by atomic mass is 35.5. The van der Waals surface area contributed by atoms with Crippen LogP contribution in [0.4, 0.5) is 5.69 Å². The lowest BCUT2D eigenvalue weighted by molar-refractivity contribution is -0.124. The molecule has 0 unspecified atom stereocenters. The molecule has 3 aliphatic heterocycles. The van der Waals surface area contributed by atoms with Gasteiger partial charge in [-0.1, -0.05) is 11.6 Å². The third-order valence-electron chi connectivity index (χ3n) is 7.57. The smallest absolute Gasteiger partial charge is 0.237 e. The Hall–Kier alpha value is -1.94. The van der Waals surface area contributed by atoms with E-state index in [9.17, 15) is 18.3 Å². The Balaban J connectivity index is 1.22. The number of nitrogens with zero attached hydrogens (tertiary/aromatic N) is 4. The number of fused-ring (bicyclic) bond motifs is 2. The van der Waals surface area contributed by atoms with Crippen molar-refractivity contribution in [1.82, 2.24) is 14.7 Å². The van der Waals surface area contributed by atoms with Crippen LogP contribution in [0.3, 0.4) is 0 Å². The fourth-order valence-corrected chi connectivity index (χ4v) is 7.27. The van der Waals surface area contributed by atoms with Crippen LogP contribution in [0, 0.1) is 0 Å². The van der Waals surface area contributed by atoms with Gasteiger partial charge in [0.05, 0.1) is 35.3 Å². The van der Waals surface area contributed by atoms with Gasteiger partial charge in [-0.15, -0.1) is 0 Å². The van der Waals surface area contributed by atoms with E-state index in [1.165, 1.54) is 0 Å². The average molecular weight is 493 g/mol. The number of halogens is 1. The van der Waals surface area contributed by atoms with Gasteiger partial charge in [-0.05, 0) is 62.5 Å². The molecule has 1 N–H and O–H groups in total. The molecule has 10 heteroatoms. The maximum absolute atomic E-state index is 13.2. The zero-order chi connectivity index (χ0) is 23.4. The lowest BCUT2D eigenvalue weighted by Gasteiger charge is -2.38. The number of aromatic nitrogens is 2. The molecular weight excluding hydrogens is 464 g/mol. The Morgan fingerprint density at radius 2 is 1.85 bits per heavy atom. The van der Waals surface area contributed by atoms with Crippen molar-refractivity contribution in [2.75, 3.05) is 36.5 Å². The molecule has 1 spiro atoms. The predicted molar refractivity (Wildman–Crippen MR) is 126 cm³/mol. The van der Waals surface area contributed by atoms with Gasteiger partial charge >= 0.3 is 0 Å². The van der Waals surface area contributed by atoms with Crippen LogP contribution >= 0.6 is 11.6 Å². The van der Waals surface area contributed by atoms with Crippen LogP contribution in [0.5, 0.6) is 0 Å². The van der Waals surface area contributed by atoms with Crippen molar-refractivity contribution in [3.05, 3.63) is 46.7 Å². The van der Waals surface area contributed by atoms with E-state index in [0.717, 1.165) is 49.3 Å². The molecule has 1 aromatic carbocycles. The number of anilines is 1. The third kappa shape index (κ3) is 4.20. The van der Waals surface area contributed by atoms with Crippen LogP contribution < -0.4 is 4.90 Å². The van der Waals surface area contributed by atoms with Crippen molar-refractivity contribution in [3.8, 4) is 0 Å². The first-order valence-corrected chi connectivity index (χ1v) is 13.5. The first kappa shape index (κ1) is 22.8. The van der Waals surface area contributed by atoms with Gasteiger partial charge in [0.2, 0.25) is 5.91 Å². The molecule has 8 nitrogen and oxygen atoms in total. The first-order valence-electron chi connectivity index (χ1n) is 11.3. The van der Waals surface area contributed by atoms with Crippen molar-refractivity contribution < 1.29 is 18.3 Å². The number of benzene rings is 1. The molecule has 3 aliphatic rings. The second-order valence-corrected chi connectivity index (χ2v) is 12.5. The monoisotopic (exact) mass is 492 g/mol. The minimum Gasteiger partial charge on any atom is -0.388 e. The van der Waals surface area contributed by atoms with Crippen LogP contribution in [-0.4, -0.2) is 71.4 Å². The van der Waals surface area contributed by atoms with E-state index < -0.39 is 20.9 Å². The number of likely N-dealkylation sites (N-methyl/N-ethyl adjacent to an activating group) is 1. The number of carbonyl (C=O) groups excluding carboxylic acids is 1. The predicted octanol–water partition coefficient (Wildman–Crippen LogP) is 1.99.